The minimum atomic E-state index is -3.21. The number of nitrogens with zero attached hydrogens (tertiary/aromatic N) is 2. The Morgan fingerprint density at radius 2 is 2.00 bits per heavy atom. The first-order valence-corrected chi connectivity index (χ1v) is 8.75. The maximum absolute atomic E-state index is 11.9. The van der Waals surface area contributed by atoms with Crippen LogP contribution in [-0.4, -0.2) is 23.7 Å². The number of hydrogen-bond donors (Lipinski definition) is 1. The van der Waals surface area contributed by atoms with E-state index >= 15 is 0 Å². The van der Waals surface area contributed by atoms with Crippen LogP contribution in [0.25, 0.3) is 5.69 Å². The topological polar surface area (TPSA) is 64.0 Å². The number of imidazole rings is 1. The van der Waals surface area contributed by atoms with E-state index in [2.05, 4.69) is 9.71 Å². The van der Waals surface area contributed by atoms with Crippen LogP contribution in [0.3, 0.4) is 0 Å². The highest BCUT2D eigenvalue weighted by Gasteiger charge is 2.15. The van der Waals surface area contributed by atoms with Crippen molar-refractivity contribution in [2.45, 2.75) is 32.7 Å². The van der Waals surface area contributed by atoms with E-state index < -0.39 is 10.0 Å². The maximum Gasteiger partial charge on any atom is 0.212 e. The second-order valence-corrected chi connectivity index (χ2v) is 6.95. The molecule has 6 heteroatoms. The summed E-state index contributed by atoms with van der Waals surface area (Å²) < 4.78 is 28.4. The minimum Gasteiger partial charge on any atom is -0.306 e. The molecule has 21 heavy (non-hydrogen) atoms. The maximum atomic E-state index is 11.9. The Morgan fingerprint density at radius 3 is 2.57 bits per heavy atom. The number of nitrogens with one attached hydrogen (secondary N) is 1. The van der Waals surface area contributed by atoms with Gasteiger partial charge in [0.15, 0.2) is 0 Å². The number of unbranched alkanes of at least 4 members (excludes halogenated alkanes) is 1. The van der Waals surface area contributed by atoms with Crippen LogP contribution in [0, 0.1) is 0 Å². The van der Waals surface area contributed by atoms with Gasteiger partial charge in [0.25, 0.3) is 0 Å². The lowest BCUT2D eigenvalue weighted by Gasteiger charge is -2.15. The van der Waals surface area contributed by atoms with Crippen LogP contribution < -0.4 is 4.72 Å². The SMILES string of the molecule is CCCCS(=O)(=O)NC(C)c1ccc(-n2ccnc2)cc1. The summed E-state index contributed by atoms with van der Waals surface area (Å²) >= 11 is 0. The first-order valence-electron chi connectivity index (χ1n) is 7.10. The van der Waals surface area contributed by atoms with Gasteiger partial charge in [0.2, 0.25) is 10.0 Å². The molecule has 0 aliphatic heterocycles. The van der Waals surface area contributed by atoms with Crippen molar-refractivity contribution in [2.75, 3.05) is 5.75 Å². The van der Waals surface area contributed by atoms with Crippen molar-refractivity contribution in [3.63, 3.8) is 0 Å². The highest BCUT2D eigenvalue weighted by Crippen LogP contribution is 2.16. The van der Waals surface area contributed by atoms with E-state index in [1.165, 1.54) is 0 Å². The van der Waals surface area contributed by atoms with Gasteiger partial charge in [-0.1, -0.05) is 25.5 Å². The predicted molar refractivity (Wildman–Crippen MR) is 83.8 cm³/mol. The number of sulfonamides is 1. The third kappa shape index (κ3) is 4.41. The predicted octanol–water partition coefficient (Wildman–Crippen LogP) is 2.65. The normalized spacial score (nSPS) is 13.2. The zero-order chi connectivity index (χ0) is 15.3. The Kier molecular flexibility index (Phi) is 5.14. The van der Waals surface area contributed by atoms with Gasteiger partial charge in [0.05, 0.1) is 12.1 Å². The van der Waals surface area contributed by atoms with Gasteiger partial charge in [0, 0.05) is 24.1 Å². The van der Waals surface area contributed by atoms with E-state index in [4.69, 9.17) is 0 Å². The summed E-state index contributed by atoms with van der Waals surface area (Å²) in [5.41, 5.74) is 1.94. The van der Waals surface area contributed by atoms with Crippen molar-refractivity contribution >= 4 is 10.0 Å². The second-order valence-electron chi connectivity index (χ2n) is 5.07. The van der Waals surface area contributed by atoms with Gasteiger partial charge in [-0.15, -0.1) is 0 Å². The van der Waals surface area contributed by atoms with Crippen molar-refractivity contribution < 1.29 is 8.42 Å². The summed E-state index contributed by atoms with van der Waals surface area (Å²) in [5.74, 6) is 0.182. The molecule has 1 atom stereocenters. The fourth-order valence-electron chi connectivity index (χ4n) is 2.08. The van der Waals surface area contributed by atoms with Crippen molar-refractivity contribution in [1.29, 1.82) is 0 Å². The number of rotatable bonds is 7. The molecule has 0 saturated carbocycles. The number of hydrogen-bond acceptors (Lipinski definition) is 3. The van der Waals surface area contributed by atoms with Gasteiger partial charge in [-0.3, -0.25) is 0 Å². The highest BCUT2D eigenvalue weighted by atomic mass is 32.2. The molecule has 0 saturated heterocycles. The largest absolute Gasteiger partial charge is 0.306 e. The first kappa shape index (κ1) is 15.7. The molecule has 5 nitrogen and oxygen atoms in total. The Balaban J connectivity index is 2.05. The quantitative estimate of drug-likeness (QED) is 0.855. The van der Waals surface area contributed by atoms with Crippen LogP contribution in [0.5, 0.6) is 0 Å². The van der Waals surface area contributed by atoms with Crippen molar-refractivity contribution in [1.82, 2.24) is 14.3 Å². The molecule has 0 amide bonds. The molecule has 0 spiro atoms. The van der Waals surface area contributed by atoms with Gasteiger partial charge in [-0.05, 0) is 31.0 Å². The van der Waals surface area contributed by atoms with E-state index in [-0.39, 0.29) is 11.8 Å². The summed E-state index contributed by atoms with van der Waals surface area (Å²) in [6, 6.07) is 7.54. The summed E-state index contributed by atoms with van der Waals surface area (Å²) in [4.78, 5) is 4.00. The standard InChI is InChI=1S/C15H21N3O2S/c1-3-4-11-21(19,20)17-13(2)14-5-7-15(8-6-14)18-10-9-16-12-18/h5-10,12-13,17H,3-4,11H2,1-2H3. The lowest BCUT2D eigenvalue weighted by Crippen LogP contribution is -2.29. The molecule has 2 rings (SSSR count). The molecule has 1 heterocycles. The number of benzene rings is 1. The molecule has 0 radical (unpaired) electrons. The average molecular weight is 307 g/mol. The van der Waals surface area contributed by atoms with E-state index in [1.54, 1.807) is 12.5 Å². The molecule has 0 fully saturated rings. The van der Waals surface area contributed by atoms with Crippen LogP contribution in [0.2, 0.25) is 0 Å². The Hall–Kier alpha value is -1.66. The van der Waals surface area contributed by atoms with Crippen molar-refractivity contribution in [2.24, 2.45) is 0 Å². The van der Waals surface area contributed by atoms with Crippen molar-refractivity contribution in [3.8, 4) is 5.69 Å². The van der Waals surface area contributed by atoms with Crippen LogP contribution in [-0.2, 0) is 10.0 Å². The van der Waals surface area contributed by atoms with Gasteiger partial charge >= 0.3 is 0 Å². The molecule has 0 aliphatic rings. The number of aromatic nitrogens is 2. The lowest BCUT2D eigenvalue weighted by atomic mass is 10.1. The Morgan fingerprint density at radius 1 is 1.29 bits per heavy atom. The van der Waals surface area contributed by atoms with Crippen LogP contribution >= 0.6 is 0 Å². The van der Waals surface area contributed by atoms with Gasteiger partial charge in [0.1, 0.15) is 0 Å². The molecule has 0 aliphatic carbocycles. The Bertz CT molecular complexity index is 649. The molecule has 2 aromatic rings. The Labute approximate surface area is 126 Å². The molecule has 1 aromatic heterocycles. The summed E-state index contributed by atoms with van der Waals surface area (Å²) in [7, 11) is -3.21. The first-order chi connectivity index (χ1) is 10.0. The summed E-state index contributed by atoms with van der Waals surface area (Å²) in [5, 5.41) is 0. The van der Waals surface area contributed by atoms with E-state index in [9.17, 15) is 8.42 Å². The molecule has 1 aromatic carbocycles. The fourth-order valence-corrected chi connectivity index (χ4v) is 3.54. The summed E-state index contributed by atoms with van der Waals surface area (Å²) in [6.07, 6.45) is 6.87. The molecule has 1 N–H and O–H groups in total. The van der Waals surface area contributed by atoms with E-state index in [0.717, 1.165) is 17.7 Å². The third-order valence-corrected chi connectivity index (χ3v) is 4.86. The molecule has 1 unspecified atom stereocenters. The lowest BCUT2D eigenvalue weighted by molar-refractivity contribution is 0.564. The van der Waals surface area contributed by atoms with Gasteiger partial charge < -0.3 is 4.57 Å². The molecule has 114 valence electrons. The van der Waals surface area contributed by atoms with E-state index in [1.807, 2.05) is 48.9 Å². The molecular weight excluding hydrogens is 286 g/mol. The van der Waals surface area contributed by atoms with Crippen molar-refractivity contribution in [3.05, 3.63) is 48.5 Å². The molecule has 0 bridgehead atoms. The monoisotopic (exact) mass is 307 g/mol. The van der Waals surface area contributed by atoms with E-state index in [0.29, 0.717) is 6.42 Å². The zero-order valence-corrected chi connectivity index (χ0v) is 13.2. The smallest absolute Gasteiger partial charge is 0.212 e. The van der Waals surface area contributed by atoms with Gasteiger partial charge in [-0.2, -0.15) is 0 Å². The third-order valence-electron chi connectivity index (χ3n) is 3.32. The van der Waals surface area contributed by atoms with Crippen LogP contribution in [0.15, 0.2) is 43.0 Å². The fraction of sp³-hybridized carbons (Fsp3) is 0.400. The minimum absolute atomic E-state index is 0.182. The van der Waals surface area contributed by atoms with Crippen LogP contribution in [0.1, 0.15) is 38.3 Å². The average Bonchev–Trinajstić information content (AvgIpc) is 2.99. The van der Waals surface area contributed by atoms with Crippen LogP contribution in [0.4, 0.5) is 0 Å². The zero-order valence-electron chi connectivity index (χ0n) is 12.4. The van der Waals surface area contributed by atoms with Gasteiger partial charge in [-0.25, -0.2) is 18.1 Å². The molecular formula is C15H21N3O2S. The summed E-state index contributed by atoms with van der Waals surface area (Å²) in [6.45, 7) is 3.84. The second kappa shape index (κ2) is 6.87. The highest BCUT2D eigenvalue weighted by molar-refractivity contribution is 7.89.